The van der Waals surface area contributed by atoms with E-state index < -0.39 is 18.4 Å². The van der Waals surface area contributed by atoms with Crippen molar-refractivity contribution < 1.29 is 13.6 Å². The fourth-order valence-corrected chi connectivity index (χ4v) is 0.475. The van der Waals surface area contributed by atoms with Gasteiger partial charge in [0.2, 0.25) is 0 Å². The van der Waals surface area contributed by atoms with E-state index in [1.807, 2.05) is 0 Å². The topological polar surface area (TPSA) is 46.3 Å². The monoisotopic (exact) mass is 152 g/mol. The minimum absolute atomic E-state index is 0.637. The van der Waals surface area contributed by atoms with Gasteiger partial charge in [0.25, 0.3) is 5.91 Å². The number of carbonyl (C=O) groups excluding carboxylic acids is 1. The number of hydrogen-bond acceptors (Lipinski definition) is 2. The molecule has 3 nitrogen and oxygen atoms in total. The van der Waals surface area contributed by atoms with Crippen molar-refractivity contribution in [1.29, 1.82) is 0 Å². The summed E-state index contributed by atoms with van der Waals surface area (Å²) in [5.41, 5.74) is 4.40. The molecular formula is C5H10F2N2O. The lowest BCUT2D eigenvalue weighted by Crippen LogP contribution is -2.43. The maximum atomic E-state index is 12.3. The predicted molar refractivity (Wildman–Crippen MR) is 32.7 cm³/mol. The van der Waals surface area contributed by atoms with Gasteiger partial charge in [-0.15, -0.1) is 0 Å². The van der Waals surface area contributed by atoms with E-state index in [1.165, 1.54) is 19.0 Å². The van der Waals surface area contributed by atoms with Gasteiger partial charge >= 0.3 is 5.92 Å². The molecule has 0 radical (unpaired) electrons. The molecule has 0 heterocycles. The number of carbonyl (C=O) groups is 1. The number of amides is 1. The highest BCUT2D eigenvalue weighted by Gasteiger charge is 2.36. The predicted octanol–water partition coefficient (Wildman–Crippen LogP) is -0.331. The van der Waals surface area contributed by atoms with Crippen molar-refractivity contribution in [1.82, 2.24) is 4.90 Å². The molecule has 0 aliphatic carbocycles. The van der Waals surface area contributed by atoms with Crippen molar-refractivity contribution in [2.24, 2.45) is 5.73 Å². The van der Waals surface area contributed by atoms with Crippen LogP contribution in [0.15, 0.2) is 0 Å². The van der Waals surface area contributed by atoms with Gasteiger partial charge in [0.15, 0.2) is 0 Å². The van der Waals surface area contributed by atoms with Crippen molar-refractivity contribution in [2.45, 2.75) is 5.92 Å². The second-order valence-electron chi connectivity index (χ2n) is 2.31. The number of primary amides is 1. The first kappa shape index (κ1) is 9.29. The van der Waals surface area contributed by atoms with E-state index in [9.17, 15) is 13.6 Å². The molecule has 5 heteroatoms. The molecule has 0 aromatic carbocycles. The van der Waals surface area contributed by atoms with Gasteiger partial charge in [-0.25, -0.2) is 0 Å². The van der Waals surface area contributed by atoms with E-state index in [0.29, 0.717) is 0 Å². The molecule has 0 aromatic heterocycles. The Morgan fingerprint density at radius 3 is 2.10 bits per heavy atom. The number of hydrogen-bond donors (Lipinski definition) is 1. The lowest BCUT2D eigenvalue weighted by Gasteiger charge is -2.16. The highest BCUT2D eigenvalue weighted by atomic mass is 19.3. The summed E-state index contributed by atoms with van der Waals surface area (Å²) in [6.07, 6.45) is 0. The lowest BCUT2D eigenvalue weighted by atomic mass is 10.3. The smallest absolute Gasteiger partial charge is 0.336 e. The highest BCUT2D eigenvalue weighted by molar-refractivity contribution is 5.81. The number of nitrogens with zero attached hydrogens (tertiary/aromatic N) is 1. The Morgan fingerprint density at radius 1 is 1.60 bits per heavy atom. The number of nitrogens with two attached hydrogens (primary N) is 1. The van der Waals surface area contributed by atoms with Gasteiger partial charge in [-0.3, -0.25) is 4.79 Å². The summed E-state index contributed by atoms with van der Waals surface area (Å²) in [7, 11) is 2.88. The standard InChI is InChI=1S/C5H10F2N2O/c1-9(2)3-5(6,7)4(8)10/h3H2,1-2H3,(H2,8,10). The molecule has 1 amide bonds. The Kier molecular flexibility index (Phi) is 2.71. The SMILES string of the molecule is CN(C)CC(F)(F)C(N)=O. The Bertz CT molecular complexity index is 136. The summed E-state index contributed by atoms with van der Waals surface area (Å²) in [5, 5.41) is 0. The van der Waals surface area contributed by atoms with Gasteiger partial charge in [0.05, 0.1) is 6.54 Å². The first-order valence-electron chi connectivity index (χ1n) is 2.68. The Labute approximate surface area is 57.8 Å². The number of halogens is 2. The zero-order chi connectivity index (χ0) is 8.36. The van der Waals surface area contributed by atoms with Crippen molar-refractivity contribution in [3.63, 3.8) is 0 Å². The van der Waals surface area contributed by atoms with Gasteiger partial charge in [-0.1, -0.05) is 0 Å². The van der Waals surface area contributed by atoms with Crippen LogP contribution < -0.4 is 5.73 Å². The fourth-order valence-electron chi connectivity index (χ4n) is 0.475. The quantitative estimate of drug-likeness (QED) is 0.601. The van der Waals surface area contributed by atoms with Gasteiger partial charge in [0.1, 0.15) is 0 Å². The molecule has 0 spiro atoms. The van der Waals surface area contributed by atoms with Crippen LogP contribution in [0.4, 0.5) is 8.78 Å². The second kappa shape index (κ2) is 2.92. The molecule has 0 aliphatic rings. The molecule has 0 atom stereocenters. The molecule has 2 N–H and O–H groups in total. The summed E-state index contributed by atoms with van der Waals surface area (Å²) in [4.78, 5) is 11.2. The Hall–Kier alpha value is -0.710. The Balaban J connectivity index is 4.00. The summed E-state index contributed by atoms with van der Waals surface area (Å²) >= 11 is 0. The first-order valence-corrected chi connectivity index (χ1v) is 2.68. The second-order valence-corrected chi connectivity index (χ2v) is 2.31. The van der Waals surface area contributed by atoms with Crippen LogP contribution in [0, 0.1) is 0 Å². The van der Waals surface area contributed by atoms with E-state index in [0.717, 1.165) is 0 Å². The molecule has 0 aliphatic heterocycles. The normalized spacial score (nSPS) is 12.1. The minimum atomic E-state index is -3.41. The van der Waals surface area contributed by atoms with Gasteiger partial charge < -0.3 is 10.6 Å². The summed E-state index contributed by atoms with van der Waals surface area (Å²) in [5.74, 6) is -5.00. The zero-order valence-corrected chi connectivity index (χ0v) is 5.90. The minimum Gasteiger partial charge on any atom is -0.364 e. The van der Waals surface area contributed by atoms with Gasteiger partial charge in [-0.05, 0) is 14.1 Å². The van der Waals surface area contributed by atoms with Crippen LogP contribution in [0.3, 0.4) is 0 Å². The van der Waals surface area contributed by atoms with Crippen LogP contribution in [0.5, 0.6) is 0 Å². The van der Waals surface area contributed by atoms with Crippen LogP contribution in [-0.2, 0) is 4.79 Å². The third-order valence-electron chi connectivity index (χ3n) is 0.875. The van der Waals surface area contributed by atoms with Crippen molar-refractivity contribution in [2.75, 3.05) is 20.6 Å². The third-order valence-corrected chi connectivity index (χ3v) is 0.875. The van der Waals surface area contributed by atoms with Crippen LogP contribution in [0.2, 0.25) is 0 Å². The number of alkyl halides is 2. The molecule has 60 valence electrons. The zero-order valence-electron chi connectivity index (χ0n) is 5.90. The molecule has 0 unspecified atom stereocenters. The van der Waals surface area contributed by atoms with E-state index in [-0.39, 0.29) is 0 Å². The average molecular weight is 152 g/mol. The van der Waals surface area contributed by atoms with Crippen molar-refractivity contribution >= 4 is 5.91 Å². The molecule has 0 aromatic rings. The highest BCUT2D eigenvalue weighted by Crippen LogP contribution is 2.12. The molecule has 0 rings (SSSR count). The van der Waals surface area contributed by atoms with Crippen LogP contribution >= 0.6 is 0 Å². The first-order chi connectivity index (χ1) is 4.36. The molecular weight excluding hydrogens is 142 g/mol. The summed E-state index contributed by atoms with van der Waals surface area (Å²) < 4.78 is 24.6. The van der Waals surface area contributed by atoms with Crippen LogP contribution in [0.25, 0.3) is 0 Å². The fraction of sp³-hybridized carbons (Fsp3) is 0.800. The summed E-state index contributed by atoms with van der Waals surface area (Å²) in [6, 6.07) is 0. The average Bonchev–Trinajstić information content (AvgIpc) is 1.60. The lowest BCUT2D eigenvalue weighted by molar-refractivity contribution is -0.143. The molecule has 0 fully saturated rings. The Morgan fingerprint density at radius 2 is 2.00 bits per heavy atom. The molecule has 0 bridgehead atoms. The van der Waals surface area contributed by atoms with Crippen molar-refractivity contribution in [3.05, 3.63) is 0 Å². The van der Waals surface area contributed by atoms with E-state index in [4.69, 9.17) is 0 Å². The molecule has 10 heavy (non-hydrogen) atoms. The van der Waals surface area contributed by atoms with Crippen molar-refractivity contribution in [3.8, 4) is 0 Å². The molecule has 0 saturated carbocycles. The van der Waals surface area contributed by atoms with E-state index in [1.54, 1.807) is 0 Å². The van der Waals surface area contributed by atoms with E-state index >= 15 is 0 Å². The van der Waals surface area contributed by atoms with Gasteiger partial charge in [-0.2, -0.15) is 8.78 Å². The maximum absolute atomic E-state index is 12.3. The molecule has 0 saturated heterocycles. The van der Waals surface area contributed by atoms with E-state index in [2.05, 4.69) is 5.73 Å². The van der Waals surface area contributed by atoms with Crippen LogP contribution in [-0.4, -0.2) is 37.4 Å². The summed E-state index contributed by atoms with van der Waals surface area (Å²) in [6.45, 7) is -0.637. The number of rotatable bonds is 3. The van der Waals surface area contributed by atoms with Crippen LogP contribution in [0.1, 0.15) is 0 Å². The largest absolute Gasteiger partial charge is 0.364 e. The maximum Gasteiger partial charge on any atom is 0.336 e. The van der Waals surface area contributed by atoms with Gasteiger partial charge in [0, 0.05) is 0 Å². The third kappa shape index (κ3) is 2.72.